The van der Waals surface area contributed by atoms with Gasteiger partial charge in [-0.15, -0.1) is 11.3 Å². The van der Waals surface area contributed by atoms with Crippen LogP contribution in [0.5, 0.6) is 0 Å². The summed E-state index contributed by atoms with van der Waals surface area (Å²) in [4.78, 5) is 30.3. The standard InChI is InChI=1S/C17H20N4O2S/c18-15(22)11-21-8-6-13(7-9-21)20-16(23)14-10-19-17(24-14)12-4-2-1-3-5-12/h1-5,10,13H,6-9,11H2,(H2,18,22)(H,20,23). The molecule has 24 heavy (non-hydrogen) atoms. The van der Waals surface area contributed by atoms with Crippen LogP contribution >= 0.6 is 11.3 Å². The molecule has 0 aliphatic carbocycles. The van der Waals surface area contributed by atoms with E-state index in [1.165, 1.54) is 11.3 Å². The van der Waals surface area contributed by atoms with Crippen LogP contribution in [0.3, 0.4) is 0 Å². The van der Waals surface area contributed by atoms with Crippen LogP contribution < -0.4 is 11.1 Å². The van der Waals surface area contributed by atoms with Crippen LogP contribution in [0.25, 0.3) is 10.6 Å². The van der Waals surface area contributed by atoms with Gasteiger partial charge in [-0.2, -0.15) is 0 Å². The minimum Gasteiger partial charge on any atom is -0.369 e. The van der Waals surface area contributed by atoms with Crippen molar-refractivity contribution < 1.29 is 9.59 Å². The van der Waals surface area contributed by atoms with Gasteiger partial charge in [0.15, 0.2) is 0 Å². The second-order valence-electron chi connectivity index (χ2n) is 5.89. The number of nitrogens with zero attached hydrogens (tertiary/aromatic N) is 2. The molecule has 3 rings (SSSR count). The molecule has 2 heterocycles. The monoisotopic (exact) mass is 344 g/mol. The van der Waals surface area contributed by atoms with E-state index >= 15 is 0 Å². The van der Waals surface area contributed by atoms with Gasteiger partial charge >= 0.3 is 0 Å². The zero-order valence-corrected chi connectivity index (χ0v) is 14.1. The molecule has 1 saturated heterocycles. The van der Waals surface area contributed by atoms with Crippen molar-refractivity contribution in [3.8, 4) is 10.6 Å². The Bertz CT molecular complexity index is 708. The first kappa shape index (κ1) is 16.6. The van der Waals surface area contributed by atoms with E-state index in [0.717, 1.165) is 36.5 Å². The number of piperidine rings is 1. The zero-order valence-electron chi connectivity index (χ0n) is 13.3. The highest BCUT2D eigenvalue weighted by atomic mass is 32.1. The quantitative estimate of drug-likeness (QED) is 0.860. The lowest BCUT2D eigenvalue weighted by Crippen LogP contribution is -2.46. The van der Waals surface area contributed by atoms with E-state index in [0.29, 0.717) is 4.88 Å². The molecule has 1 aliphatic heterocycles. The summed E-state index contributed by atoms with van der Waals surface area (Å²) in [5.41, 5.74) is 6.22. The Morgan fingerprint density at radius 2 is 1.96 bits per heavy atom. The van der Waals surface area contributed by atoms with E-state index in [9.17, 15) is 9.59 Å². The molecule has 0 saturated carbocycles. The highest BCUT2D eigenvalue weighted by Crippen LogP contribution is 2.25. The maximum Gasteiger partial charge on any atom is 0.263 e. The Morgan fingerprint density at radius 1 is 1.25 bits per heavy atom. The maximum atomic E-state index is 12.4. The Kier molecular flexibility index (Phi) is 5.22. The molecule has 2 aromatic rings. The van der Waals surface area contributed by atoms with Crippen molar-refractivity contribution in [1.82, 2.24) is 15.2 Å². The molecule has 6 nitrogen and oxygen atoms in total. The molecular formula is C17H20N4O2S. The fourth-order valence-electron chi connectivity index (χ4n) is 2.81. The highest BCUT2D eigenvalue weighted by Gasteiger charge is 2.22. The number of thiazole rings is 1. The summed E-state index contributed by atoms with van der Waals surface area (Å²) >= 11 is 1.40. The molecule has 7 heteroatoms. The number of nitrogens with one attached hydrogen (secondary N) is 1. The average Bonchev–Trinajstić information content (AvgIpc) is 3.07. The van der Waals surface area contributed by atoms with Gasteiger partial charge in [0.2, 0.25) is 5.91 Å². The zero-order chi connectivity index (χ0) is 16.9. The maximum absolute atomic E-state index is 12.4. The van der Waals surface area contributed by atoms with E-state index in [1.807, 2.05) is 35.2 Å². The number of likely N-dealkylation sites (tertiary alicyclic amines) is 1. The summed E-state index contributed by atoms with van der Waals surface area (Å²) in [6, 6.07) is 9.95. The van der Waals surface area contributed by atoms with Gasteiger partial charge in [0, 0.05) is 24.7 Å². The third kappa shape index (κ3) is 4.18. The lowest BCUT2D eigenvalue weighted by atomic mass is 10.0. The third-order valence-electron chi connectivity index (χ3n) is 4.05. The first-order valence-electron chi connectivity index (χ1n) is 7.94. The van der Waals surface area contributed by atoms with Crippen LogP contribution in [-0.2, 0) is 4.79 Å². The van der Waals surface area contributed by atoms with Crippen LogP contribution in [0.1, 0.15) is 22.5 Å². The summed E-state index contributed by atoms with van der Waals surface area (Å²) in [5, 5.41) is 3.91. The van der Waals surface area contributed by atoms with Crippen LogP contribution in [-0.4, -0.2) is 47.4 Å². The molecule has 0 spiro atoms. The van der Waals surface area contributed by atoms with Crippen molar-refractivity contribution in [2.75, 3.05) is 19.6 Å². The Hall–Kier alpha value is -2.25. The van der Waals surface area contributed by atoms with E-state index in [4.69, 9.17) is 5.73 Å². The fourth-order valence-corrected chi connectivity index (χ4v) is 3.63. The minimum atomic E-state index is -0.310. The Morgan fingerprint density at radius 3 is 2.62 bits per heavy atom. The van der Waals surface area contributed by atoms with Gasteiger partial charge in [0.05, 0.1) is 12.7 Å². The van der Waals surface area contributed by atoms with Crippen molar-refractivity contribution in [1.29, 1.82) is 0 Å². The van der Waals surface area contributed by atoms with Gasteiger partial charge in [-0.05, 0) is 12.8 Å². The smallest absolute Gasteiger partial charge is 0.263 e. The molecule has 0 unspecified atom stereocenters. The number of hydrogen-bond acceptors (Lipinski definition) is 5. The number of rotatable bonds is 5. The molecule has 126 valence electrons. The van der Waals surface area contributed by atoms with E-state index in [2.05, 4.69) is 10.3 Å². The number of benzene rings is 1. The van der Waals surface area contributed by atoms with Gasteiger partial charge in [0.25, 0.3) is 5.91 Å². The van der Waals surface area contributed by atoms with E-state index < -0.39 is 0 Å². The number of carbonyl (C=O) groups is 2. The van der Waals surface area contributed by atoms with Crippen LogP contribution in [0.2, 0.25) is 0 Å². The van der Waals surface area contributed by atoms with Crippen molar-refractivity contribution in [2.24, 2.45) is 5.73 Å². The van der Waals surface area contributed by atoms with Crippen LogP contribution in [0.15, 0.2) is 36.5 Å². The molecule has 2 amide bonds. The number of carbonyl (C=O) groups excluding carboxylic acids is 2. The molecule has 0 bridgehead atoms. The topological polar surface area (TPSA) is 88.3 Å². The second-order valence-corrected chi connectivity index (χ2v) is 6.92. The van der Waals surface area contributed by atoms with Gasteiger partial charge in [-0.25, -0.2) is 4.98 Å². The fraction of sp³-hybridized carbons (Fsp3) is 0.353. The molecule has 0 atom stereocenters. The molecule has 1 aromatic heterocycles. The predicted octanol–water partition coefficient (Wildman–Crippen LogP) is 1.49. The van der Waals surface area contributed by atoms with Crippen LogP contribution in [0.4, 0.5) is 0 Å². The largest absolute Gasteiger partial charge is 0.369 e. The molecule has 1 aliphatic rings. The number of amides is 2. The van der Waals surface area contributed by atoms with Crippen molar-refractivity contribution in [2.45, 2.75) is 18.9 Å². The van der Waals surface area contributed by atoms with E-state index in [-0.39, 0.29) is 24.4 Å². The number of aromatic nitrogens is 1. The Balaban J connectivity index is 1.55. The summed E-state index contributed by atoms with van der Waals surface area (Å²) in [6.07, 6.45) is 3.28. The Labute approximate surface area is 144 Å². The SMILES string of the molecule is NC(=O)CN1CCC(NC(=O)c2cnc(-c3ccccc3)s2)CC1. The summed E-state index contributed by atoms with van der Waals surface area (Å²) in [5.74, 6) is -0.390. The number of hydrogen-bond donors (Lipinski definition) is 2. The molecule has 3 N–H and O–H groups in total. The van der Waals surface area contributed by atoms with Crippen molar-refractivity contribution >= 4 is 23.2 Å². The highest BCUT2D eigenvalue weighted by molar-refractivity contribution is 7.16. The summed E-state index contributed by atoms with van der Waals surface area (Å²) in [6.45, 7) is 1.83. The molecular weight excluding hydrogens is 324 g/mol. The first-order chi connectivity index (χ1) is 11.6. The summed E-state index contributed by atoms with van der Waals surface area (Å²) in [7, 11) is 0. The normalized spacial score (nSPS) is 16.0. The number of nitrogens with two attached hydrogens (primary N) is 1. The predicted molar refractivity (Wildman–Crippen MR) is 93.7 cm³/mol. The minimum absolute atomic E-state index is 0.0805. The first-order valence-corrected chi connectivity index (χ1v) is 8.76. The number of primary amides is 1. The molecule has 1 aromatic carbocycles. The van der Waals surface area contributed by atoms with Crippen molar-refractivity contribution in [3.05, 3.63) is 41.4 Å². The summed E-state index contributed by atoms with van der Waals surface area (Å²) < 4.78 is 0. The average molecular weight is 344 g/mol. The lowest BCUT2D eigenvalue weighted by molar-refractivity contribution is -0.119. The van der Waals surface area contributed by atoms with Crippen LogP contribution in [0, 0.1) is 0 Å². The van der Waals surface area contributed by atoms with Gasteiger partial charge in [-0.3, -0.25) is 14.5 Å². The second kappa shape index (κ2) is 7.55. The van der Waals surface area contributed by atoms with Gasteiger partial charge < -0.3 is 11.1 Å². The van der Waals surface area contributed by atoms with E-state index in [1.54, 1.807) is 6.20 Å². The lowest BCUT2D eigenvalue weighted by Gasteiger charge is -2.31. The van der Waals surface area contributed by atoms with Gasteiger partial charge in [0.1, 0.15) is 9.88 Å². The molecule has 0 radical (unpaired) electrons. The van der Waals surface area contributed by atoms with Crippen molar-refractivity contribution in [3.63, 3.8) is 0 Å². The third-order valence-corrected chi connectivity index (χ3v) is 5.10. The molecule has 1 fully saturated rings. The van der Waals surface area contributed by atoms with Gasteiger partial charge in [-0.1, -0.05) is 30.3 Å².